The molecule has 10 nitrogen and oxygen atoms in total. The number of nitrogens with zero attached hydrogens (tertiary/aromatic N) is 4. The van der Waals surface area contributed by atoms with Crippen LogP contribution in [0, 0.1) is 12.7 Å². The molecule has 2 aromatic heterocycles. The van der Waals surface area contributed by atoms with E-state index in [4.69, 9.17) is 20.4 Å². The number of pyridine rings is 1. The van der Waals surface area contributed by atoms with Gasteiger partial charge in [0.15, 0.2) is 5.84 Å². The van der Waals surface area contributed by atoms with Crippen LogP contribution in [0.25, 0.3) is 11.3 Å². The minimum Gasteiger partial charge on any atom is -0.481 e. The van der Waals surface area contributed by atoms with E-state index in [-0.39, 0.29) is 31.0 Å². The highest BCUT2D eigenvalue weighted by Crippen LogP contribution is 2.34. The third-order valence-corrected chi connectivity index (χ3v) is 5.87. The number of oxime groups is 1. The van der Waals surface area contributed by atoms with E-state index in [9.17, 15) is 9.50 Å². The van der Waals surface area contributed by atoms with Crippen LogP contribution in [-0.2, 0) is 11.3 Å². The number of methoxy groups -OCH3 is 1. The van der Waals surface area contributed by atoms with Gasteiger partial charge in [0.1, 0.15) is 12.4 Å². The largest absolute Gasteiger partial charge is 0.481 e. The molecule has 190 valence electrons. The second kappa shape index (κ2) is 11.3. The number of hydrogen-bond acceptors (Lipinski definition) is 9. The standard InChI is InChI=1S/C25H29FN6O4/c1-14-23-21(31-25(27)28-14)12-20(30-24(23)32-36-10-4-5-16(34)13-33)17-9-8-15(26)11-18(17)19-6-3-7-22(29-19)35-2/h3,6-9,11,16,20,33-34H,4-5,10,12-13H2,1-2H3,(H,30,32)(H2,27,28,31)/t16-,20-/m1/s1. The van der Waals surface area contributed by atoms with Crippen molar-refractivity contribution in [2.24, 2.45) is 5.16 Å². The topological polar surface area (TPSA) is 148 Å². The van der Waals surface area contributed by atoms with E-state index in [2.05, 4.69) is 25.4 Å². The van der Waals surface area contributed by atoms with Crippen LogP contribution in [0.3, 0.4) is 0 Å². The maximum atomic E-state index is 14.3. The summed E-state index contributed by atoms with van der Waals surface area (Å²) in [6.07, 6.45) is 0.557. The molecule has 0 radical (unpaired) electrons. The van der Waals surface area contributed by atoms with Crippen LogP contribution < -0.4 is 15.8 Å². The quantitative estimate of drug-likeness (QED) is 0.259. The number of nitrogen functional groups attached to an aromatic ring is 1. The SMILES string of the molecule is COc1cccc(-c2cc(F)ccc2[C@H]2Cc3nc(N)nc(C)c3/C(=N/OCCC[C@@H](O)CO)N2)n1. The summed E-state index contributed by atoms with van der Waals surface area (Å²) in [6.45, 7) is 1.76. The first-order valence-corrected chi connectivity index (χ1v) is 11.6. The Hall–Kier alpha value is -3.83. The van der Waals surface area contributed by atoms with Crippen molar-refractivity contribution in [2.45, 2.75) is 38.3 Å². The van der Waals surface area contributed by atoms with Crippen molar-refractivity contribution in [1.29, 1.82) is 0 Å². The zero-order valence-electron chi connectivity index (χ0n) is 20.1. The number of aliphatic hydroxyl groups is 2. The number of rotatable bonds is 9. The Morgan fingerprint density at radius 1 is 1.25 bits per heavy atom. The maximum absolute atomic E-state index is 14.3. The van der Waals surface area contributed by atoms with Crippen molar-refractivity contribution < 1.29 is 24.2 Å². The van der Waals surface area contributed by atoms with Crippen molar-refractivity contribution in [3.05, 3.63) is 64.7 Å². The number of nitrogens with one attached hydrogen (secondary N) is 1. The van der Waals surface area contributed by atoms with Crippen LogP contribution in [-0.4, -0.2) is 57.4 Å². The molecular weight excluding hydrogens is 467 g/mol. The summed E-state index contributed by atoms with van der Waals surface area (Å²) in [7, 11) is 1.53. The maximum Gasteiger partial charge on any atom is 0.220 e. The molecule has 3 aromatic rings. The lowest BCUT2D eigenvalue weighted by Gasteiger charge is -2.29. The number of aliphatic hydroxyl groups excluding tert-OH is 2. The van der Waals surface area contributed by atoms with E-state index in [0.29, 0.717) is 59.2 Å². The van der Waals surface area contributed by atoms with Gasteiger partial charge in [-0.2, -0.15) is 0 Å². The highest BCUT2D eigenvalue weighted by molar-refractivity contribution is 6.01. The first kappa shape index (κ1) is 25.3. The monoisotopic (exact) mass is 496 g/mol. The lowest BCUT2D eigenvalue weighted by atomic mass is 9.90. The molecule has 0 unspecified atom stereocenters. The Morgan fingerprint density at radius 3 is 2.86 bits per heavy atom. The molecule has 0 fully saturated rings. The summed E-state index contributed by atoms with van der Waals surface area (Å²) in [5.41, 5.74) is 9.92. The number of halogens is 1. The summed E-state index contributed by atoms with van der Waals surface area (Å²) < 4.78 is 19.6. The molecule has 2 atom stereocenters. The normalized spacial score (nSPS) is 16.8. The Kier molecular flexibility index (Phi) is 7.91. The molecule has 1 aliphatic rings. The zero-order valence-corrected chi connectivity index (χ0v) is 20.1. The van der Waals surface area contributed by atoms with Gasteiger partial charge in [-0.1, -0.05) is 17.3 Å². The van der Waals surface area contributed by atoms with Gasteiger partial charge in [0.2, 0.25) is 11.8 Å². The highest BCUT2D eigenvalue weighted by Gasteiger charge is 2.30. The predicted octanol–water partition coefficient (Wildman–Crippen LogP) is 2.28. The van der Waals surface area contributed by atoms with Gasteiger partial charge >= 0.3 is 0 Å². The summed E-state index contributed by atoms with van der Waals surface area (Å²) in [5, 5.41) is 26.1. The van der Waals surface area contributed by atoms with E-state index < -0.39 is 6.10 Å². The number of ether oxygens (including phenoxy) is 1. The molecule has 11 heteroatoms. The fourth-order valence-electron chi connectivity index (χ4n) is 4.17. The third kappa shape index (κ3) is 5.69. The molecule has 36 heavy (non-hydrogen) atoms. The van der Waals surface area contributed by atoms with Crippen LogP contribution >= 0.6 is 0 Å². The van der Waals surface area contributed by atoms with Crippen LogP contribution in [0.5, 0.6) is 5.88 Å². The van der Waals surface area contributed by atoms with Gasteiger partial charge in [-0.25, -0.2) is 19.3 Å². The lowest BCUT2D eigenvalue weighted by Crippen LogP contribution is -2.38. The highest BCUT2D eigenvalue weighted by atomic mass is 19.1. The van der Waals surface area contributed by atoms with E-state index in [1.807, 2.05) is 6.92 Å². The van der Waals surface area contributed by atoms with Gasteiger partial charge < -0.3 is 30.8 Å². The fraction of sp³-hybridized carbons (Fsp3) is 0.360. The van der Waals surface area contributed by atoms with Crippen molar-refractivity contribution in [2.75, 3.05) is 26.1 Å². The molecule has 5 N–H and O–H groups in total. The Balaban J connectivity index is 1.69. The molecule has 4 rings (SSSR count). The first-order chi connectivity index (χ1) is 17.4. The zero-order chi connectivity index (χ0) is 25.7. The molecule has 0 amide bonds. The molecular formula is C25H29FN6O4. The smallest absolute Gasteiger partial charge is 0.220 e. The van der Waals surface area contributed by atoms with Crippen LogP contribution in [0.15, 0.2) is 41.6 Å². The molecule has 0 saturated carbocycles. The fourth-order valence-corrected chi connectivity index (χ4v) is 4.17. The van der Waals surface area contributed by atoms with Gasteiger partial charge in [0, 0.05) is 18.1 Å². The van der Waals surface area contributed by atoms with Gasteiger partial charge in [0.05, 0.1) is 48.5 Å². The Labute approximate surface area is 208 Å². The van der Waals surface area contributed by atoms with Gasteiger partial charge in [0.25, 0.3) is 0 Å². The summed E-state index contributed by atoms with van der Waals surface area (Å²) in [5.74, 6) is 0.608. The Bertz CT molecular complexity index is 1260. The summed E-state index contributed by atoms with van der Waals surface area (Å²) in [6, 6.07) is 9.52. The number of hydrogen-bond donors (Lipinski definition) is 4. The Morgan fingerprint density at radius 2 is 2.08 bits per heavy atom. The summed E-state index contributed by atoms with van der Waals surface area (Å²) >= 11 is 0. The van der Waals surface area contributed by atoms with E-state index >= 15 is 0 Å². The number of aryl methyl sites for hydroxylation is 1. The average molecular weight is 497 g/mol. The van der Waals surface area contributed by atoms with Gasteiger partial charge in [-0.15, -0.1) is 0 Å². The molecule has 3 heterocycles. The van der Waals surface area contributed by atoms with Crippen molar-refractivity contribution in [1.82, 2.24) is 20.3 Å². The second-order valence-corrected chi connectivity index (χ2v) is 8.44. The van der Waals surface area contributed by atoms with Crippen molar-refractivity contribution in [3.8, 4) is 17.1 Å². The van der Waals surface area contributed by atoms with E-state index in [1.54, 1.807) is 24.3 Å². The average Bonchev–Trinajstić information content (AvgIpc) is 2.87. The predicted molar refractivity (Wildman–Crippen MR) is 132 cm³/mol. The first-order valence-electron chi connectivity index (χ1n) is 11.6. The van der Waals surface area contributed by atoms with Crippen LogP contribution in [0.1, 0.15) is 41.4 Å². The van der Waals surface area contributed by atoms with E-state index in [0.717, 1.165) is 5.56 Å². The third-order valence-electron chi connectivity index (χ3n) is 5.87. The van der Waals surface area contributed by atoms with Gasteiger partial charge in [-0.3, -0.25) is 0 Å². The molecule has 0 spiro atoms. The van der Waals surface area contributed by atoms with Crippen LogP contribution in [0.4, 0.5) is 10.3 Å². The number of aromatic nitrogens is 3. The molecule has 1 aliphatic heterocycles. The molecule has 1 aromatic carbocycles. The molecule has 0 aliphatic carbocycles. The number of benzene rings is 1. The summed E-state index contributed by atoms with van der Waals surface area (Å²) in [4.78, 5) is 18.7. The molecule has 0 saturated heterocycles. The number of fused-ring (bicyclic) bond motifs is 1. The van der Waals surface area contributed by atoms with Crippen LogP contribution in [0.2, 0.25) is 0 Å². The van der Waals surface area contributed by atoms with Crippen molar-refractivity contribution in [3.63, 3.8) is 0 Å². The number of anilines is 1. The van der Waals surface area contributed by atoms with E-state index in [1.165, 1.54) is 19.2 Å². The van der Waals surface area contributed by atoms with Crippen molar-refractivity contribution >= 4 is 11.8 Å². The minimum absolute atomic E-state index is 0.152. The number of amidine groups is 1. The second-order valence-electron chi connectivity index (χ2n) is 8.44. The lowest BCUT2D eigenvalue weighted by molar-refractivity contribution is 0.0714. The number of nitrogens with two attached hydrogens (primary N) is 1. The minimum atomic E-state index is -0.792. The molecule has 0 bridgehead atoms. The van der Waals surface area contributed by atoms with Gasteiger partial charge in [-0.05, 0) is 43.5 Å².